The molecule has 3 N–H and O–H groups in total. The smallest absolute Gasteiger partial charge is 0.271 e. The molecule has 29 heavy (non-hydrogen) atoms. The summed E-state index contributed by atoms with van der Waals surface area (Å²) in [7, 11) is -4.07. The molecule has 0 saturated heterocycles. The van der Waals surface area contributed by atoms with E-state index in [1.807, 2.05) is 50.2 Å². The number of rotatable bonds is 7. The predicted octanol–water partition coefficient (Wildman–Crippen LogP) is 3.79. The molecule has 3 aromatic carbocycles. The second-order valence-corrected chi connectivity index (χ2v) is 8.30. The van der Waals surface area contributed by atoms with E-state index in [1.165, 1.54) is 0 Å². The van der Waals surface area contributed by atoms with Gasteiger partial charge in [-0.2, -0.15) is 0 Å². The number of fused-ring (bicyclic) bond motifs is 1. The van der Waals surface area contributed by atoms with Crippen LogP contribution in [0.3, 0.4) is 0 Å². The van der Waals surface area contributed by atoms with Gasteiger partial charge in [0.1, 0.15) is 10.6 Å². The summed E-state index contributed by atoms with van der Waals surface area (Å²) < 4.78 is 29.7. The summed E-state index contributed by atoms with van der Waals surface area (Å²) in [4.78, 5) is 10.3. The molecule has 3 rings (SSSR count). The molecule has 0 aromatic heterocycles. The second-order valence-electron chi connectivity index (χ2n) is 6.77. The monoisotopic (exact) mass is 415 g/mol. The molecule has 0 amide bonds. The highest BCUT2D eigenvalue weighted by molar-refractivity contribution is 7.89. The Kier molecular flexibility index (Phi) is 5.71. The second kappa shape index (κ2) is 8.06. The lowest BCUT2D eigenvalue weighted by Crippen LogP contribution is -2.16. The van der Waals surface area contributed by atoms with Crippen LogP contribution < -0.4 is 15.2 Å². The number of benzene rings is 3. The van der Waals surface area contributed by atoms with E-state index in [2.05, 4.69) is 5.32 Å². The van der Waals surface area contributed by atoms with Crippen molar-refractivity contribution in [2.75, 3.05) is 5.32 Å². The minimum atomic E-state index is -4.07. The molecule has 0 unspecified atom stereocenters. The van der Waals surface area contributed by atoms with Crippen molar-refractivity contribution in [3.63, 3.8) is 0 Å². The molecule has 8 nitrogen and oxygen atoms in total. The Morgan fingerprint density at radius 1 is 1.14 bits per heavy atom. The Labute approximate surface area is 168 Å². The van der Waals surface area contributed by atoms with Gasteiger partial charge in [0.05, 0.1) is 16.7 Å². The maximum Gasteiger partial charge on any atom is 0.271 e. The van der Waals surface area contributed by atoms with E-state index in [9.17, 15) is 18.5 Å². The number of primary sulfonamides is 1. The van der Waals surface area contributed by atoms with Crippen molar-refractivity contribution >= 4 is 32.2 Å². The summed E-state index contributed by atoms with van der Waals surface area (Å²) >= 11 is 0. The lowest BCUT2D eigenvalue weighted by molar-refractivity contribution is -0.384. The van der Waals surface area contributed by atoms with Crippen LogP contribution in [0.2, 0.25) is 0 Å². The topological polar surface area (TPSA) is 125 Å². The fourth-order valence-corrected chi connectivity index (χ4v) is 3.76. The average molecular weight is 415 g/mol. The fourth-order valence-electron chi connectivity index (χ4n) is 3.06. The quantitative estimate of drug-likeness (QED) is 0.447. The standard InChI is InChI=1S/C20H21N3O5S/c1-13(2)28-19-9-7-14-5-3-4-6-16(14)17(19)12-22-18-11-15(23(24)25)8-10-20(18)29(21,26)27/h3-11,13,22H,12H2,1-2H3,(H2,21,26,27). The third kappa shape index (κ3) is 4.64. The molecule has 0 aliphatic heterocycles. The zero-order valence-electron chi connectivity index (χ0n) is 16.0. The third-order valence-corrected chi connectivity index (χ3v) is 5.27. The number of nitro benzene ring substituents is 1. The first-order valence-corrected chi connectivity index (χ1v) is 10.4. The Balaban J connectivity index is 2.06. The van der Waals surface area contributed by atoms with E-state index in [4.69, 9.17) is 9.88 Å². The number of sulfonamides is 1. The highest BCUT2D eigenvalue weighted by Crippen LogP contribution is 2.31. The number of nitrogens with two attached hydrogens (primary N) is 1. The number of nitro groups is 1. The van der Waals surface area contributed by atoms with Crippen molar-refractivity contribution in [3.05, 3.63) is 70.3 Å². The molecular formula is C20H21N3O5S. The third-order valence-electron chi connectivity index (χ3n) is 4.30. The number of nitrogens with zero attached hydrogens (tertiary/aromatic N) is 1. The van der Waals surface area contributed by atoms with Crippen LogP contribution in [0.15, 0.2) is 59.5 Å². The van der Waals surface area contributed by atoms with Gasteiger partial charge in [-0.1, -0.05) is 30.3 Å². The fraction of sp³-hybridized carbons (Fsp3) is 0.200. The lowest BCUT2D eigenvalue weighted by Gasteiger charge is -2.18. The zero-order chi connectivity index (χ0) is 21.2. The van der Waals surface area contributed by atoms with E-state index in [1.54, 1.807) is 0 Å². The molecule has 152 valence electrons. The van der Waals surface area contributed by atoms with Crippen LogP contribution >= 0.6 is 0 Å². The van der Waals surface area contributed by atoms with Gasteiger partial charge in [-0.15, -0.1) is 0 Å². The Morgan fingerprint density at radius 3 is 2.52 bits per heavy atom. The van der Waals surface area contributed by atoms with Crippen molar-refractivity contribution < 1.29 is 18.1 Å². The van der Waals surface area contributed by atoms with Crippen molar-refractivity contribution in [1.29, 1.82) is 0 Å². The van der Waals surface area contributed by atoms with Gasteiger partial charge in [0.15, 0.2) is 0 Å². The zero-order valence-corrected chi connectivity index (χ0v) is 16.8. The molecule has 0 aliphatic rings. The Morgan fingerprint density at radius 2 is 1.86 bits per heavy atom. The van der Waals surface area contributed by atoms with Crippen molar-refractivity contribution in [3.8, 4) is 5.75 Å². The lowest BCUT2D eigenvalue weighted by atomic mass is 10.0. The van der Waals surface area contributed by atoms with E-state index in [0.717, 1.165) is 34.5 Å². The highest BCUT2D eigenvalue weighted by atomic mass is 32.2. The number of ether oxygens (including phenoxy) is 1. The van der Waals surface area contributed by atoms with Gasteiger partial charge in [-0.05, 0) is 36.8 Å². The Bertz CT molecular complexity index is 1180. The molecule has 0 atom stereocenters. The molecule has 0 spiro atoms. The summed E-state index contributed by atoms with van der Waals surface area (Å²) in [6.45, 7) is 4.01. The predicted molar refractivity (Wildman–Crippen MR) is 112 cm³/mol. The number of hydrogen-bond acceptors (Lipinski definition) is 6. The molecule has 0 aliphatic carbocycles. The maximum absolute atomic E-state index is 11.9. The van der Waals surface area contributed by atoms with Gasteiger partial charge in [-0.25, -0.2) is 13.6 Å². The van der Waals surface area contributed by atoms with Gasteiger partial charge in [-0.3, -0.25) is 10.1 Å². The normalized spacial score (nSPS) is 11.6. The molecular weight excluding hydrogens is 394 g/mol. The number of anilines is 1. The van der Waals surface area contributed by atoms with Crippen molar-refractivity contribution in [2.24, 2.45) is 5.14 Å². The van der Waals surface area contributed by atoms with E-state index in [0.29, 0.717) is 5.75 Å². The van der Waals surface area contributed by atoms with Gasteiger partial charge >= 0.3 is 0 Å². The van der Waals surface area contributed by atoms with Crippen molar-refractivity contribution in [1.82, 2.24) is 0 Å². The largest absolute Gasteiger partial charge is 0.491 e. The minimum Gasteiger partial charge on any atom is -0.491 e. The van der Waals surface area contributed by atoms with Crippen molar-refractivity contribution in [2.45, 2.75) is 31.4 Å². The first-order valence-electron chi connectivity index (χ1n) is 8.89. The Hall–Kier alpha value is -3.17. The van der Waals surface area contributed by atoms with E-state index < -0.39 is 14.9 Å². The SMILES string of the molecule is CC(C)Oc1ccc2ccccc2c1CNc1cc([N+](=O)[O-])ccc1S(N)(=O)=O. The molecule has 0 saturated carbocycles. The number of non-ortho nitro benzene ring substituents is 1. The molecule has 0 radical (unpaired) electrons. The van der Waals surface area contributed by atoms with Crippen LogP contribution in [0, 0.1) is 10.1 Å². The van der Waals surface area contributed by atoms with E-state index >= 15 is 0 Å². The molecule has 0 fully saturated rings. The van der Waals surface area contributed by atoms with Crippen LogP contribution in [-0.2, 0) is 16.6 Å². The van der Waals surface area contributed by atoms with Crippen LogP contribution in [-0.4, -0.2) is 19.4 Å². The van der Waals surface area contributed by atoms with Crippen LogP contribution in [0.1, 0.15) is 19.4 Å². The average Bonchev–Trinajstić information content (AvgIpc) is 2.65. The molecule has 0 heterocycles. The van der Waals surface area contributed by atoms with Crippen LogP contribution in [0.5, 0.6) is 5.75 Å². The summed E-state index contributed by atoms with van der Waals surface area (Å²) in [5.41, 5.74) is 0.630. The molecule has 3 aromatic rings. The number of nitrogens with one attached hydrogen (secondary N) is 1. The van der Waals surface area contributed by atoms with Crippen LogP contribution in [0.4, 0.5) is 11.4 Å². The first-order chi connectivity index (χ1) is 13.7. The first kappa shape index (κ1) is 20.6. The summed E-state index contributed by atoms with van der Waals surface area (Å²) in [6.07, 6.45) is -0.0623. The van der Waals surface area contributed by atoms with Crippen LogP contribution in [0.25, 0.3) is 10.8 Å². The maximum atomic E-state index is 11.9. The van der Waals surface area contributed by atoms with E-state index in [-0.39, 0.29) is 28.9 Å². The number of hydrogen-bond donors (Lipinski definition) is 2. The van der Waals surface area contributed by atoms with Gasteiger partial charge in [0.25, 0.3) is 5.69 Å². The molecule has 9 heteroatoms. The summed E-state index contributed by atoms with van der Waals surface area (Å²) in [6, 6.07) is 14.9. The van der Waals surface area contributed by atoms with Gasteiger partial charge in [0.2, 0.25) is 10.0 Å². The molecule has 0 bridgehead atoms. The summed E-state index contributed by atoms with van der Waals surface area (Å²) in [5, 5.41) is 21.3. The summed E-state index contributed by atoms with van der Waals surface area (Å²) in [5.74, 6) is 0.647. The van der Waals surface area contributed by atoms with Gasteiger partial charge < -0.3 is 10.1 Å². The van der Waals surface area contributed by atoms with Gasteiger partial charge in [0, 0.05) is 24.2 Å². The minimum absolute atomic E-state index is 0.0603. The highest BCUT2D eigenvalue weighted by Gasteiger charge is 2.19.